The number of carbonyl (C=O) groups excluding carboxylic acids is 3. The highest BCUT2D eigenvalue weighted by molar-refractivity contribution is 6.10. The first-order valence-corrected chi connectivity index (χ1v) is 25.4. The molecule has 78 heavy (non-hydrogen) atoms. The van der Waals surface area contributed by atoms with Crippen LogP contribution < -0.4 is 25.6 Å². The quantitative estimate of drug-likeness (QED) is 0.0229. The van der Waals surface area contributed by atoms with Crippen molar-refractivity contribution in [3.05, 3.63) is 104 Å². The summed E-state index contributed by atoms with van der Waals surface area (Å²) in [5.41, 5.74) is 7.44. The highest BCUT2D eigenvalue weighted by Crippen LogP contribution is 2.43. The Morgan fingerprint density at radius 1 is 1.00 bits per heavy atom. The number of alkyl halides is 3. The van der Waals surface area contributed by atoms with Crippen molar-refractivity contribution < 1.29 is 76.2 Å². The molecule has 2 aromatic heterocycles. The number of aromatic nitrogens is 4. The number of likely N-dealkylation sites (tertiary alicyclic amines) is 1. The topological polar surface area (TPSA) is 318 Å². The molecule has 1 unspecified atom stereocenters. The Morgan fingerprint density at radius 2 is 1.74 bits per heavy atom. The van der Waals surface area contributed by atoms with Crippen molar-refractivity contribution in [1.82, 2.24) is 30.4 Å². The number of alkyl carbamates (subject to hydrolysis) is 1. The van der Waals surface area contributed by atoms with Gasteiger partial charge in [-0.3, -0.25) is 14.5 Å². The maximum atomic E-state index is 15.4. The summed E-state index contributed by atoms with van der Waals surface area (Å²) in [6.07, 6.45) is -12.0. The highest BCUT2D eigenvalue weighted by atomic mass is 19.4. The first-order chi connectivity index (χ1) is 36.9. The summed E-state index contributed by atoms with van der Waals surface area (Å²) >= 11 is 0. The highest BCUT2D eigenvalue weighted by Gasteiger charge is 2.49. The van der Waals surface area contributed by atoms with Crippen LogP contribution in [0.15, 0.2) is 53.9 Å². The maximum Gasteiger partial charge on any atom is 0.416 e. The third-order valence-electron chi connectivity index (χ3n) is 14.2. The Bertz CT molecular complexity index is 2950. The van der Waals surface area contributed by atoms with Gasteiger partial charge in [-0.25, -0.2) is 14.6 Å². The average molecular weight is 1090 g/mol. The van der Waals surface area contributed by atoms with Crippen molar-refractivity contribution >= 4 is 35.5 Å². The zero-order valence-corrected chi connectivity index (χ0v) is 43.7. The zero-order chi connectivity index (χ0) is 56.3. The number of quaternary nitrogens is 1. The second-order valence-corrected chi connectivity index (χ2v) is 21.5. The van der Waals surface area contributed by atoms with E-state index in [4.69, 9.17) is 29.5 Å². The molecular weight excluding hydrogens is 1030 g/mol. The van der Waals surface area contributed by atoms with Crippen LogP contribution in [-0.4, -0.2) is 157 Å². The molecule has 24 nitrogen and oxygen atoms in total. The van der Waals surface area contributed by atoms with Crippen LogP contribution in [0.5, 0.6) is 5.75 Å². The van der Waals surface area contributed by atoms with Gasteiger partial charge < -0.3 is 64.4 Å². The number of aliphatic hydroxyl groups is 3. The molecule has 3 amide bonds. The molecule has 3 saturated heterocycles. The van der Waals surface area contributed by atoms with Crippen LogP contribution in [0.1, 0.15) is 94.9 Å². The van der Waals surface area contributed by atoms with Crippen LogP contribution in [-0.2, 0) is 63.7 Å². The molecule has 0 spiro atoms. The summed E-state index contributed by atoms with van der Waals surface area (Å²) in [6, 6.07) is 10.5. The van der Waals surface area contributed by atoms with E-state index in [1.807, 2.05) is 6.92 Å². The van der Waals surface area contributed by atoms with Crippen LogP contribution in [0.4, 0.5) is 29.6 Å². The number of halogens is 3. The number of ether oxygens (including phenoxy) is 4. The number of carboxylic acid groups (broad SMARTS) is 1. The van der Waals surface area contributed by atoms with E-state index >= 15 is 13.2 Å². The number of piperidine rings is 1. The standard InChI is InChI=1S/C51H63F3N12O12/c1-28-7-6-14-66(22-28,23-29-8-9-36(76-47-42(69)40(67)41(68)43(77-47)46(72)73)33(15-29)44(70)57-10-11-58-48(74)78-49(2,3)4)24-30-16-32-34(35(17-30)51(52,53)54)21-65(45(32)71)38-19-31(18-37(61-38)56-12-13-59-63-55)50(25-75-26-50)20-39-62-60-27-64(39)5/h8-9,15-19,27-28,40-43,47,67-69H,6-7,10-14,20-26H2,1-5H3,(H3-,56,57,58,61,70,72,73,74)/p+1/t28-,40-,41-,42+,43-,47+,66?/m0/s1. The number of anilines is 2. The van der Waals surface area contributed by atoms with Gasteiger partial charge in [-0.2, -0.15) is 13.2 Å². The molecule has 4 aromatic rings. The van der Waals surface area contributed by atoms with E-state index < -0.39 is 83.9 Å². The second-order valence-electron chi connectivity index (χ2n) is 21.5. The second kappa shape index (κ2) is 23.1. The van der Waals surface area contributed by atoms with Crippen molar-refractivity contribution in [2.75, 3.05) is 62.7 Å². The number of nitrogens with one attached hydrogen (secondary N) is 3. The molecule has 2 aromatic carbocycles. The Balaban J connectivity index is 1.11. The summed E-state index contributed by atoms with van der Waals surface area (Å²) < 4.78 is 70.4. The fourth-order valence-corrected chi connectivity index (χ4v) is 10.5. The Morgan fingerprint density at radius 3 is 2.40 bits per heavy atom. The first-order valence-electron chi connectivity index (χ1n) is 25.4. The lowest BCUT2D eigenvalue weighted by atomic mass is 9.75. The molecule has 8 rings (SSSR count). The van der Waals surface area contributed by atoms with Gasteiger partial charge in [0.1, 0.15) is 66.5 Å². The first kappa shape index (κ1) is 57.1. The predicted octanol–water partition coefficient (Wildman–Crippen LogP) is 4.09. The van der Waals surface area contributed by atoms with Gasteiger partial charge in [-0.15, -0.1) is 10.2 Å². The number of aliphatic carboxylic acids is 1. The minimum Gasteiger partial charge on any atom is -0.479 e. The fourth-order valence-electron chi connectivity index (χ4n) is 10.5. The summed E-state index contributed by atoms with van der Waals surface area (Å²) in [4.78, 5) is 61.7. The summed E-state index contributed by atoms with van der Waals surface area (Å²) in [7, 11) is 1.81. The predicted molar refractivity (Wildman–Crippen MR) is 270 cm³/mol. The zero-order valence-electron chi connectivity index (χ0n) is 43.7. The van der Waals surface area contributed by atoms with Crippen LogP contribution >= 0.6 is 0 Å². The number of fused-ring (bicyclic) bond motifs is 1. The van der Waals surface area contributed by atoms with Gasteiger partial charge in [-0.1, -0.05) is 12.0 Å². The molecule has 0 radical (unpaired) electrons. The van der Waals surface area contributed by atoms with Gasteiger partial charge in [0.05, 0.1) is 44.0 Å². The summed E-state index contributed by atoms with van der Waals surface area (Å²) in [5, 5.41) is 61.5. The average Bonchev–Trinajstić information content (AvgIpc) is 4.03. The molecule has 0 bridgehead atoms. The number of rotatable bonds is 19. The lowest BCUT2D eigenvalue weighted by Crippen LogP contribution is -2.61. The van der Waals surface area contributed by atoms with Gasteiger partial charge in [0.25, 0.3) is 11.8 Å². The molecule has 420 valence electrons. The molecular formula is C51H64F3N12O12+. The monoisotopic (exact) mass is 1090 g/mol. The molecule has 0 aliphatic carbocycles. The molecule has 4 aliphatic rings. The number of carboxylic acids is 1. The molecule has 7 atom stereocenters. The van der Waals surface area contributed by atoms with Crippen molar-refractivity contribution in [2.24, 2.45) is 18.1 Å². The van der Waals surface area contributed by atoms with Gasteiger partial charge in [0, 0.05) is 72.6 Å². The molecule has 4 aliphatic heterocycles. The Hall–Kier alpha value is -7.13. The van der Waals surface area contributed by atoms with Gasteiger partial charge in [0.15, 0.2) is 6.10 Å². The largest absolute Gasteiger partial charge is 0.479 e. The van der Waals surface area contributed by atoms with Crippen molar-refractivity contribution in [3.8, 4) is 5.75 Å². The number of hydrogen-bond acceptors (Lipinski definition) is 16. The summed E-state index contributed by atoms with van der Waals surface area (Å²) in [5.74, 6) is -2.15. The molecule has 27 heteroatoms. The molecule has 0 saturated carbocycles. The number of nitrogens with zero attached hydrogens (tertiary/aromatic N) is 9. The van der Waals surface area contributed by atoms with E-state index in [1.54, 1.807) is 56.9 Å². The lowest BCUT2D eigenvalue weighted by Gasteiger charge is -2.44. The number of aryl methyl sites for hydroxylation is 1. The van der Waals surface area contributed by atoms with Crippen molar-refractivity contribution in [3.63, 3.8) is 0 Å². The number of amides is 3. The van der Waals surface area contributed by atoms with Gasteiger partial charge >= 0.3 is 18.2 Å². The van der Waals surface area contributed by atoms with E-state index in [2.05, 4.69) is 36.2 Å². The third kappa shape index (κ3) is 12.9. The minimum absolute atomic E-state index is 0.0422. The number of aliphatic hydroxyl groups excluding tert-OH is 3. The molecule has 7 N–H and O–H groups in total. The normalized spacial score (nSPS) is 23.8. The molecule has 6 heterocycles. The van der Waals surface area contributed by atoms with Gasteiger partial charge in [0.2, 0.25) is 6.29 Å². The van der Waals surface area contributed by atoms with E-state index in [0.717, 1.165) is 12.5 Å². The van der Waals surface area contributed by atoms with E-state index in [9.17, 15) is 39.6 Å². The smallest absolute Gasteiger partial charge is 0.416 e. The van der Waals surface area contributed by atoms with Gasteiger partial charge in [-0.05, 0) is 92.7 Å². The number of azide groups is 1. The number of benzene rings is 2. The van der Waals surface area contributed by atoms with E-state index in [1.165, 1.54) is 23.1 Å². The maximum absolute atomic E-state index is 15.4. The fraction of sp³-hybridized carbons (Fsp3) is 0.549. The SMILES string of the molecule is C[C@H]1CCC[N+](Cc2ccc(O[C@@H]3O[C@H](C(=O)O)[C@@H](O)[C@H](O)[C@H]3O)c(C(=O)NCCNC(=O)OC(C)(C)C)c2)(Cc2cc3c(c(C(F)(F)F)c2)CN(c2cc(C4(Cc5nncn5C)COC4)cc(NCCN=[N+]=[N-])n2)C3=O)C1. The summed E-state index contributed by atoms with van der Waals surface area (Å²) in [6.45, 7) is 8.50. The minimum atomic E-state index is -4.88. The number of hydrogen-bond donors (Lipinski definition) is 7. The molecule has 3 fully saturated rings. The Kier molecular flexibility index (Phi) is 16.9. The van der Waals surface area contributed by atoms with Crippen LogP contribution in [0.25, 0.3) is 10.4 Å². The van der Waals surface area contributed by atoms with E-state index in [0.29, 0.717) is 48.7 Å². The van der Waals surface area contributed by atoms with Crippen LogP contribution in [0.2, 0.25) is 0 Å². The Labute approximate surface area is 446 Å². The number of pyridine rings is 1. The van der Waals surface area contributed by atoms with Crippen LogP contribution in [0.3, 0.4) is 0 Å². The van der Waals surface area contributed by atoms with Crippen molar-refractivity contribution in [2.45, 2.75) is 114 Å². The van der Waals surface area contributed by atoms with Crippen molar-refractivity contribution in [1.29, 1.82) is 0 Å². The van der Waals surface area contributed by atoms with E-state index in [-0.39, 0.29) is 96.7 Å². The number of carbonyl (C=O) groups is 4. The lowest BCUT2D eigenvalue weighted by molar-refractivity contribution is -0.960. The van der Waals surface area contributed by atoms with Crippen LogP contribution in [0, 0.1) is 5.92 Å². The third-order valence-corrected chi connectivity index (χ3v) is 14.2.